The minimum Gasteiger partial charge on any atom is -0.409 e. The summed E-state index contributed by atoms with van der Waals surface area (Å²) < 4.78 is 1.90. The molecule has 1 aromatic heterocycles. The molecule has 0 radical (unpaired) electrons. The fourth-order valence-electron chi connectivity index (χ4n) is 1.58. The van der Waals surface area contributed by atoms with Crippen molar-refractivity contribution in [3.8, 4) is 0 Å². The van der Waals surface area contributed by atoms with Crippen LogP contribution >= 0.6 is 0 Å². The minimum absolute atomic E-state index is 0.232. The molecular formula is C11H21N5O. The first-order valence-electron chi connectivity index (χ1n) is 5.72. The Morgan fingerprint density at radius 1 is 1.65 bits per heavy atom. The lowest BCUT2D eigenvalue weighted by Gasteiger charge is -2.25. The number of hydrogen-bond acceptors (Lipinski definition) is 4. The average Bonchev–Trinajstić information content (AvgIpc) is 2.69. The number of aryl methyl sites for hydroxylation is 1. The van der Waals surface area contributed by atoms with E-state index in [9.17, 15) is 0 Å². The van der Waals surface area contributed by atoms with E-state index in [2.05, 4.69) is 29.0 Å². The van der Waals surface area contributed by atoms with Crippen LogP contribution in [0.25, 0.3) is 0 Å². The second-order valence-electron chi connectivity index (χ2n) is 4.44. The molecule has 0 atom stereocenters. The highest BCUT2D eigenvalue weighted by molar-refractivity contribution is 5.81. The Bertz CT molecular complexity index is 372. The maximum atomic E-state index is 8.57. The first-order chi connectivity index (χ1) is 8.02. The van der Waals surface area contributed by atoms with Crippen molar-refractivity contribution in [3.05, 3.63) is 18.0 Å². The molecule has 0 saturated carbocycles. The van der Waals surface area contributed by atoms with Crippen molar-refractivity contribution in [3.63, 3.8) is 0 Å². The Balaban J connectivity index is 2.50. The topological polar surface area (TPSA) is 79.7 Å². The van der Waals surface area contributed by atoms with Gasteiger partial charge in [-0.1, -0.05) is 5.16 Å². The van der Waals surface area contributed by atoms with Crippen LogP contribution in [0.4, 0.5) is 0 Å². The normalized spacial score (nSPS) is 12.6. The Kier molecular flexibility index (Phi) is 4.96. The summed E-state index contributed by atoms with van der Waals surface area (Å²) in [5.74, 6) is 0.232. The van der Waals surface area contributed by atoms with Gasteiger partial charge in [0.05, 0.1) is 19.3 Å². The summed E-state index contributed by atoms with van der Waals surface area (Å²) in [6.45, 7) is 8.26. The van der Waals surface area contributed by atoms with Crippen molar-refractivity contribution in [2.24, 2.45) is 10.9 Å². The number of amidine groups is 1. The van der Waals surface area contributed by atoms with Gasteiger partial charge in [0, 0.05) is 18.8 Å². The van der Waals surface area contributed by atoms with Crippen LogP contribution in [0.2, 0.25) is 0 Å². The van der Waals surface area contributed by atoms with Crippen LogP contribution in [0.5, 0.6) is 0 Å². The van der Waals surface area contributed by atoms with Gasteiger partial charge in [0.2, 0.25) is 0 Å². The number of hydrogen-bond donors (Lipinski definition) is 2. The first kappa shape index (κ1) is 13.5. The third-order valence-electron chi connectivity index (χ3n) is 2.60. The predicted octanol–water partition coefficient (Wildman–Crippen LogP) is 0.648. The summed E-state index contributed by atoms with van der Waals surface area (Å²) in [6, 6.07) is 0.340. The van der Waals surface area contributed by atoms with Crippen molar-refractivity contribution < 1.29 is 5.21 Å². The number of nitrogens with two attached hydrogens (primary N) is 1. The molecule has 0 aromatic carbocycles. The van der Waals surface area contributed by atoms with Gasteiger partial charge in [-0.15, -0.1) is 0 Å². The zero-order valence-corrected chi connectivity index (χ0v) is 10.7. The van der Waals surface area contributed by atoms with Crippen LogP contribution in [0, 0.1) is 6.92 Å². The summed E-state index contributed by atoms with van der Waals surface area (Å²) in [5.41, 5.74) is 6.67. The monoisotopic (exact) mass is 239 g/mol. The van der Waals surface area contributed by atoms with Gasteiger partial charge in [0.1, 0.15) is 0 Å². The van der Waals surface area contributed by atoms with Crippen LogP contribution in [-0.2, 0) is 6.54 Å². The molecule has 3 N–H and O–H groups in total. The SMILES string of the molecule is Cc1cnn(CCN(C/C(N)=N/O)C(C)C)c1. The zero-order chi connectivity index (χ0) is 12.8. The molecule has 0 aliphatic rings. The molecule has 0 spiro atoms. The smallest absolute Gasteiger partial charge is 0.153 e. The lowest BCUT2D eigenvalue weighted by molar-refractivity contribution is 0.234. The van der Waals surface area contributed by atoms with E-state index >= 15 is 0 Å². The van der Waals surface area contributed by atoms with Crippen molar-refractivity contribution in [1.82, 2.24) is 14.7 Å². The fourth-order valence-corrected chi connectivity index (χ4v) is 1.58. The van der Waals surface area contributed by atoms with Crippen molar-refractivity contribution in [1.29, 1.82) is 0 Å². The number of rotatable bonds is 6. The van der Waals surface area contributed by atoms with Crippen molar-refractivity contribution in [2.75, 3.05) is 13.1 Å². The van der Waals surface area contributed by atoms with Gasteiger partial charge in [-0.05, 0) is 26.3 Å². The van der Waals surface area contributed by atoms with E-state index in [1.54, 1.807) is 0 Å². The van der Waals surface area contributed by atoms with E-state index in [1.165, 1.54) is 0 Å². The van der Waals surface area contributed by atoms with Gasteiger partial charge < -0.3 is 10.9 Å². The van der Waals surface area contributed by atoms with E-state index in [0.717, 1.165) is 18.7 Å². The molecule has 1 heterocycles. The molecule has 0 unspecified atom stereocenters. The Hall–Kier alpha value is -1.56. The van der Waals surface area contributed by atoms with E-state index in [1.807, 2.05) is 24.0 Å². The number of aromatic nitrogens is 2. The molecular weight excluding hydrogens is 218 g/mol. The molecule has 0 aliphatic carbocycles. The molecule has 96 valence electrons. The molecule has 0 amide bonds. The van der Waals surface area contributed by atoms with Crippen molar-refractivity contribution >= 4 is 5.84 Å². The van der Waals surface area contributed by atoms with Crippen molar-refractivity contribution in [2.45, 2.75) is 33.4 Å². The standard InChI is InChI=1S/C11H21N5O/c1-9(2)15(8-11(12)14-17)4-5-16-7-10(3)6-13-16/h6-7,9,17H,4-5,8H2,1-3H3,(H2,12,14). The molecule has 6 heteroatoms. The minimum atomic E-state index is 0.232. The third-order valence-corrected chi connectivity index (χ3v) is 2.60. The maximum absolute atomic E-state index is 8.57. The van der Waals surface area contributed by atoms with Crippen LogP contribution in [0.3, 0.4) is 0 Å². The van der Waals surface area contributed by atoms with Crippen LogP contribution in [0.15, 0.2) is 17.5 Å². The van der Waals surface area contributed by atoms with Crippen LogP contribution in [0.1, 0.15) is 19.4 Å². The number of oxime groups is 1. The van der Waals surface area contributed by atoms with E-state index in [4.69, 9.17) is 10.9 Å². The Morgan fingerprint density at radius 2 is 2.35 bits per heavy atom. The lowest BCUT2D eigenvalue weighted by atomic mass is 10.3. The highest BCUT2D eigenvalue weighted by Gasteiger charge is 2.11. The molecule has 0 saturated heterocycles. The molecule has 0 bridgehead atoms. The summed E-state index contributed by atoms with van der Waals surface area (Å²) in [5, 5.41) is 15.8. The van der Waals surface area contributed by atoms with E-state index < -0.39 is 0 Å². The van der Waals surface area contributed by atoms with Crippen LogP contribution < -0.4 is 5.73 Å². The Morgan fingerprint density at radius 3 is 2.82 bits per heavy atom. The molecule has 0 fully saturated rings. The predicted molar refractivity (Wildman–Crippen MR) is 67.1 cm³/mol. The second kappa shape index (κ2) is 6.24. The largest absolute Gasteiger partial charge is 0.409 e. The molecule has 17 heavy (non-hydrogen) atoms. The quantitative estimate of drug-likeness (QED) is 0.330. The maximum Gasteiger partial charge on any atom is 0.153 e. The van der Waals surface area contributed by atoms with Gasteiger partial charge in [-0.25, -0.2) is 0 Å². The lowest BCUT2D eigenvalue weighted by Crippen LogP contribution is -2.40. The molecule has 0 aliphatic heterocycles. The highest BCUT2D eigenvalue weighted by atomic mass is 16.4. The summed E-state index contributed by atoms with van der Waals surface area (Å²) in [4.78, 5) is 2.13. The summed E-state index contributed by atoms with van der Waals surface area (Å²) in [6.07, 6.45) is 3.84. The van der Waals surface area contributed by atoms with Gasteiger partial charge in [0.25, 0.3) is 0 Å². The van der Waals surface area contributed by atoms with Gasteiger partial charge >= 0.3 is 0 Å². The van der Waals surface area contributed by atoms with Crippen LogP contribution in [-0.4, -0.2) is 44.9 Å². The molecule has 1 aromatic rings. The van der Waals surface area contributed by atoms with Gasteiger partial charge in [-0.3, -0.25) is 9.58 Å². The summed E-state index contributed by atoms with van der Waals surface area (Å²) >= 11 is 0. The van der Waals surface area contributed by atoms with Gasteiger partial charge in [0.15, 0.2) is 5.84 Å². The van der Waals surface area contributed by atoms with Gasteiger partial charge in [-0.2, -0.15) is 5.10 Å². The average molecular weight is 239 g/mol. The summed E-state index contributed by atoms with van der Waals surface area (Å²) in [7, 11) is 0. The third kappa shape index (κ3) is 4.44. The van der Waals surface area contributed by atoms with E-state index in [0.29, 0.717) is 12.6 Å². The molecule has 1 rings (SSSR count). The molecule has 6 nitrogen and oxygen atoms in total. The zero-order valence-electron chi connectivity index (χ0n) is 10.7. The number of nitrogens with zero attached hydrogens (tertiary/aromatic N) is 4. The first-order valence-corrected chi connectivity index (χ1v) is 5.72. The highest BCUT2D eigenvalue weighted by Crippen LogP contribution is 2.00. The Labute approximate surface area is 102 Å². The van der Waals surface area contributed by atoms with E-state index in [-0.39, 0.29) is 5.84 Å². The second-order valence-corrected chi connectivity index (χ2v) is 4.44. The fraction of sp³-hybridized carbons (Fsp3) is 0.636.